The van der Waals surface area contributed by atoms with Crippen molar-refractivity contribution in [2.45, 2.75) is 5.92 Å². The summed E-state index contributed by atoms with van der Waals surface area (Å²) in [6.07, 6.45) is 1.66. The van der Waals surface area contributed by atoms with Gasteiger partial charge in [0.15, 0.2) is 0 Å². The van der Waals surface area contributed by atoms with Crippen molar-refractivity contribution in [1.29, 1.82) is 5.26 Å². The van der Waals surface area contributed by atoms with Crippen molar-refractivity contribution in [3.8, 4) is 6.07 Å². The minimum absolute atomic E-state index is 0.268. The molecule has 1 aliphatic heterocycles. The topological polar surface area (TPSA) is 96.0 Å². The van der Waals surface area contributed by atoms with Crippen molar-refractivity contribution in [2.24, 2.45) is 11.7 Å². The zero-order valence-corrected chi connectivity index (χ0v) is 12.6. The summed E-state index contributed by atoms with van der Waals surface area (Å²) < 4.78 is 0. The Morgan fingerprint density at radius 3 is 2.68 bits per heavy atom. The van der Waals surface area contributed by atoms with Crippen LogP contribution in [-0.4, -0.2) is 17.6 Å². The number of amides is 2. The van der Waals surface area contributed by atoms with Gasteiger partial charge in [0, 0.05) is 11.7 Å². The molecule has 0 bridgehead atoms. The molecule has 0 aliphatic carbocycles. The smallest absolute Gasteiger partial charge is 0.247 e. The van der Waals surface area contributed by atoms with Gasteiger partial charge in [-0.15, -0.1) is 18.3 Å². The molecule has 0 unspecified atom stereocenters. The first-order valence-corrected chi connectivity index (χ1v) is 7.61. The van der Waals surface area contributed by atoms with Crippen molar-refractivity contribution in [2.75, 3.05) is 5.75 Å². The zero-order chi connectivity index (χ0) is 16.1. The molecule has 5 nitrogen and oxygen atoms in total. The second-order valence-corrected chi connectivity index (χ2v) is 5.72. The highest BCUT2D eigenvalue weighted by Gasteiger charge is 2.41. The van der Waals surface area contributed by atoms with Crippen LogP contribution in [-0.2, 0) is 9.59 Å². The molecule has 0 saturated heterocycles. The van der Waals surface area contributed by atoms with Crippen molar-refractivity contribution in [1.82, 2.24) is 5.32 Å². The number of nitrogens with zero attached hydrogens (tertiary/aromatic N) is 1. The predicted molar refractivity (Wildman–Crippen MR) is 85.3 cm³/mol. The Hall–Kier alpha value is -2.52. The summed E-state index contributed by atoms with van der Waals surface area (Å²) in [5.41, 5.74) is 6.51. The number of benzene rings is 1. The number of nitrogens with one attached hydrogen (secondary N) is 1. The summed E-state index contributed by atoms with van der Waals surface area (Å²) in [5, 5.41) is 12.4. The summed E-state index contributed by atoms with van der Waals surface area (Å²) in [4.78, 5) is 24.1. The Bertz CT molecular complexity index is 676. The van der Waals surface area contributed by atoms with Gasteiger partial charge in [-0.05, 0) is 5.56 Å². The second kappa shape index (κ2) is 6.96. The standard InChI is InChI=1S/C16H15N3O2S/c1-2-8-22-16-13(14(18)20)12(10-6-4-3-5-7-10)11(9-17)15(21)19-16/h2-7,11-12H,1,8H2,(H2,18,20)(H,19,21)/t11-,12-/m1/s1. The van der Waals surface area contributed by atoms with Gasteiger partial charge < -0.3 is 11.1 Å². The van der Waals surface area contributed by atoms with Gasteiger partial charge in [-0.1, -0.05) is 36.4 Å². The summed E-state index contributed by atoms with van der Waals surface area (Å²) in [6.45, 7) is 3.62. The highest BCUT2D eigenvalue weighted by Crippen LogP contribution is 2.39. The first-order valence-electron chi connectivity index (χ1n) is 6.63. The number of rotatable bonds is 5. The summed E-state index contributed by atoms with van der Waals surface area (Å²) >= 11 is 1.27. The average Bonchev–Trinajstić information content (AvgIpc) is 2.52. The lowest BCUT2D eigenvalue weighted by molar-refractivity contribution is -0.123. The fourth-order valence-electron chi connectivity index (χ4n) is 2.39. The fraction of sp³-hybridized carbons (Fsp3) is 0.188. The maximum atomic E-state index is 12.2. The minimum atomic E-state index is -0.988. The van der Waals surface area contributed by atoms with Crippen LogP contribution in [0.25, 0.3) is 0 Å². The third-order valence-corrected chi connectivity index (χ3v) is 4.33. The van der Waals surface area contributed by atoms with E-state index in [1.165, 1.54) is 11.8 Å². The SMILES string of the molecule is C=CCSC1=C(C(N)=O)[C@H](c2ccccc2)[C@@H](C#N)C(=O)N1. The van der Waals surface area contributed by atoms with Crippen LogP contribution in [0.3, 0.4) is 0 Å². The molecule has 1 aromatic carbocycles. The number of carbonyl (C=O) groups is 2. The molecule has 1 heterocycles. The maximum Gasteiger partial charge on any atom is 0.247 e. The van der Waals surface area contributed by atoms with Gasteiger partial charge in [0.05, 0.1) is 16.7 Å². The molecule has 0 spiro atoms. The van der Waals surface area contributed by atoms with Gasteiger partial charge in [0.2, 0.25) is 11.8 Å². The first kappa shape index (κ1) is 15.9. The van der Waals surface area contributed by atoms with Crippen LogP contribution in [0.1, 0.15) is 11.5 Å². The molecule has 112 valence electrons. The molecular formula is C16H15N3O2S. The highest BCUT2D eigenvalue weighted by molar-refractivity contribution is 8.03. The van der Waals surface area contributed by atoms with E-state index in [1.54, 1.807) is 30.3 Å². The molecule has 0 radical (unpaired) electrons. The Labute approximate surface area is 132 Å². The summed E-state index contributed by atoms with van der Waals surface area (Å²) in [7, 11) is 0. The normalized spacial score (nSPS) is 21.0. The lowest BCUT2D eigenvalue weighted by Gasteiger charge is -2.30. The first-order chi connectivity index (χ1) is 10.6. The summed E-state index contributed by atoms with van der Waals surface area (Å²) in [5.74, 6) is -2.19. The summed E-state index contributed by atoms with van der Waals surface area (Å²) in [6, 6.07) is 11.0. The molecule has 2 amide bonds. The van der Waals surface area contributed by atoms with Crippen LogP contribution in [0.5, 0.6) is 0 Å². The van der Waals surface area contributed by atoms with E-state index < -0.39 is 23.7 Å². The number of hydrogen-bond acceptors (Lipinski definition) is 4. The van der Waals surface area contributed by atoms with Gasteiger partial charge in [0.1, 0.15) is 5.92 Å². The van der Waals surface area contributed by atoms with E-state index >= 15 is 0 Å². The number of primary amides is 1. The maximum absolute atomic E-state index is 12.2. The Morgan fingerprint density at radius 1 is 1.45 bits per heavy atom. The van der Waals surface area contributed by atoms with E-state index in [0.717, 1.165) is 5.56 Å². The molecule has 0 saturated carbocycles. The molecule has 0 fully saturated rings. The third-order valence-electron chi connectivity index (χ3n) is 3.32. The van der Waals surface area contributed by atoms with Crippen molar-refractivity contribution in [3.05, 3.63) is 59.2 Å². The van der Waals surface area contributed by atoms with Gasteiger partial charge in [0.25, 0.3) is 0 Å². The van der Waals surface area contributed by atoms with E-state index in [1.807, 2.05) is 12.1 Å². The van der Waals surface area contributed by atoms with Crippen LogP contribution >= 0.6 is 11.8 Å². The van der Waals surface area contributed by atoms with Gasteiger partial charge in [-0.3, -0.25) is 9.59 Å². The van der Waals surface area contributed by atoms with Crippen molar-refractivity contribution >= 4 is 23.6 Å². The molecule has 1 aromatic rings. The minimum Gasteiger partial charge on any atom is -0.366 e. The largest absolute Gasteiger partial charge is 0.366 e. The predicted octanol–water partition coefficient (Wildman–Crippen LogP) is 1.66. The van der Waals surface area contributed by atoms with E-state index in [0.29, 0.717) is 10.8 Å². The molecular weight excluding hydrogens is 298 g/mol. The van der Waals surface area contributed by atoms with Crippen LogP contribution in [0.4, 0.5) is 0 Å². The quantitative estimate of drug-likeness (QED) is 0.808. The van der Waals surface area contributed by atoms with Gasteiger partial charge >= 0.3 is 0 Å². The monoisotopic (exact) mass is 313 g/mol. The number of nitrogens with two attached hydrogens (primary N) is 1. The van der Waals surface area contributed by atoms with Crippen LogP contribution < -0.4 is 11.1 Å². The number of thioether (sulfide) groups is 1. The molecule has 2 atom stereocenters. The third kappa shape index (κ3) is 3.05. The molecule has 1 aliphatic rings. The van der Waals surface area contributed by atoms with Crippen LogP contribution in [0.2, 0.25) is 0 Å². The van der Waals surface area contributed by atoms with Gasteiger partial charge in [-0.25, -0.2) is 0 Å². The van der Waals surface area contributed by atoms with E-state index in [4.69, 9.17) is 5.73 Å². The Balaban J connectivity index is 2.60. The van der Waals surface area contributed by atoms with E-state index in [2.05, 4.69) is 11.9 Å². The number of carbonyl (C=O) groups excluding carboxylic acids is 2. The lowest BCUT2D eigenvalue weighted by atomic mass is 9.78. The van der Waals surface area contributed by atoms with Gasteiger partial charge in [-0.2, -0.15) is 5.26 Å². The van der Waals surface area contributed by atoms with Crippen LogP contribution in [0.15, 0.2) is 53.6 Å². The average molecular weight is 313 g/mol. The molecule has 3 N–H and O–H groups in total. The zero-order valence-electron chi connectivity index (χ0n) is 11.8. The van der Waals surface area contributed by atoms with Crippen LogP contribution in [0, 0.1) is 17.2 Å². The fourth-order valence-corrected chi connectivity index (χ4v) is 3.23. The number of nitriles is 1. The highest BCUT2D eigenvalue weighted by atomic mass is 32.2. The molecule has 6 heteroatoms. The second-order valence-electron chi connectivity index (χ2n) is 4.69. The van der Waals surface area contributed by atoms with E-state index in [-0.39, 0.29) is 5.57 Å². The van der Waals surface area contributed by atoms with Crippen molar-refractivity contribution in [3.63, 3.8) is 0 Å². The number of hydrogen-bond donors (Lipinski definition) is 2. The Morgan fingerprint density at radius 2 is 2.14 bits per heavy atom. The lowest BCUT2D eigenvalue weighted by Crippen LogP contribution is -2.42. The Kier molecular flexibility index (Phi) is 5.02. The molecule has 0 aromatic heterocycles. The van der Waals surface area contributed by atoms with E-state index in [9.17, 15) is 14.9 Å². The molecule has 22 heavy (non-hydrogen) atoms. The molecule has 2 rings (SSSR count). The van der Waals surface area contributed by atoms with Crippen molar-refractivity contribution < 1.29 is 9.59 Å².